The van der Waals surface area contributed by atoms with Gasteiger partial charge in [-0.05, 0) is 44.9 Å². The Morgan fingerprint density at radius 1 is 1.23 bits per heavy atom. The summed E-state index contributed by atoms with van der Waals surface area (Å²) in [7, 11) is 1.41. The number of methoxy groups -OCH3 is 1. The Morgan fingerprint density at radius 2 is 1.96 bits per heavy atom. The van der Waals surface area contributed by atoms with Crippen LogP contribution < -0.4 is 0 Å². The molecular weight excluding hydrogens is 330 g/mol. The summed E-state index contributed by atoms with van der Waals surface area (Å²) in [5.74, 6) is -0.236. The Bertz CT molecular complexity index is 790. The normalized spacial score (nSPS) is 15.1. The predicted octanol–water partition coefficient (Wildman–Crippen LogP) is 2.57. The monoisotopic (exact) mass is 355 g/mol. The van der Waals surface area contributed by atoms with Crippen LogP contribution in [-0.4, -0.2) is 46.5 Å². The number of carbonyl (C=O) groups excluding carboxylic acids is 2. The molecule has 0 unspecified atom stereocenters. The molecule has 0 spiro atoms. The van der Waals surface area contributed by atoms with Crippen molar-refractivity contribution in [2.24, 2.45) is 5.92 Å². The van der Waals surface area contributed by atoms with Crippen molar-refractivity contribution in [1.29, 1.82) is 0 Å². The lowest BCUT2D eigenvalue weighted by Crippen LogP contribution is -2.40. The van der Waals surface area contributed by atoms with Gasteiger partial charge in [-0.15, -0.1) is 0 Å². The van der Waals surface area contributed by atoms with Crippen LogP contribution in [0.5, 0.6) is 0 Å². The highest BCUT2D eigenvalue weighted by Gasteiger charge is 2.29. The van der Waals surface area contributed by atoms with Crippen LogP contribution in [0.3, 0.4) is 0 Å². The molecule has 3 rings (SSSR count). The van der Waals surface area contributed by atoms with Crippen LogP contribution in [0.1, 0.15) is 40.3 Å². The third-order valence-electron chi connectivity index (χ3n) is 5.17. The van der Waals surface area contributed by atoms with E-state index >= 15 is 0 Å². The maximum Gasteiger partial charge on any atom is 0.308 e. The van der Waals surface area contributed by atoms with Gasteiger partial charge in [0.25, 0.3) is 5.91 Å². The highest BCUT2D eigenvalue weighted by atomic mass is 16.5. The van der Waals surface area contributed by atoms with Crippen LogP contribution in [0.4, 0.5) is 0 Å². The van der Waals surface area contributed by atoms with Gasteiger partial charge >= 0.3 is 5.97 Å². The second-order valence-electron chi connectivity index (χ2n) is 6.78. The van der Waals surface area contributed by atoms with E-state index in [4.69, 9.17) is 4.74 Å². The first kappa shape index (κ1) is 18.2. The summed E-state index contributed by atoms with van der Waals surface area (Å²) in [6, 6.07) is 7.80. The molecule has 138 valence electrons. The first-order valence-electron chi connectivity index (χ1n) is 8.95. The van der Waals surface area contributed by atoms with Gasteiger partial charge in [-0.3, -0.25) is 14.6 Å². The van der Waals surface area contributed by atoms with Crippen molar-refractivity contribution in [1.82, 2.24) is 14.5 Å². The molecule has 2 aromatic rings. The maximum absolute atomic E-state index is 13.0. The molecule has 1 amide bonds. The SMILES string of the molecule is COC(=O)C1CCN(C(=O)c2cc(C)n(Cc3ccccn3)c2C)CC1. The number of likely N-dealkylation sites (tertiary alicyclic amines) is 1. The molecule has 0 saturated carbocycles. The van der Waals surface area contributed by atoms with E-state index in [2.05, 4.69) is 9.55 Å². The van der Waals surface area contributed by atoms with Gasteiger partial charge in [0.15, 0.2) is 0 Å². The fourth-order valence-electron chi connectivity index (χ4n) is 3.57. The minimum absolute atomic E-state index is 0.0358. The van der Waals surface area contributed by atoms with Gasteiger partial charge in [-0.1, -0.05) is 6.07 Å². The van der Waals surface area contributed by atoms with Crippen LogP contribution in [-0.2, 0) is 16.1 Å². The molecule has 26 heavy (non-hydrogen) atoms. The number of ether oxygens (including phenoxy) is 1. The standard InChI is InChI=1S/C20H25N3O3/c1-14-12-18(15(2)23(14)13-17-6-4-5-9-21-17)19(24)22-10-7-16(8-11-22)20(25)26-3/h4-6,9,12,16H,7-8,10-11,13H2,1-3H3. The zero-order chi connectivity index (χ0) is 18.7. The molecule has 0 aromatic carbocycles. The van der Waals surface area contributed by atoms with E-state index in [-0.39, 0.29) is 17.8 Å². The lowest BCUT2D eigenvalue weighted by atomic mass is 9.96. The van der Waals surface area contributed by atoms with Crippen LogP contribution in [0.2, 0.25) is 0 Å². The average Bonchev–Trinajstić information content (AvgIpc) is 2.96. The highest BCUT2D eigenvalue weighted by molar-refractivity contribution is 5.96. The largest absolute Gasteiger partial charge is 0.469 e. The molecule has 2 aromatic heterocycles. The minimum atomic E-state index is -0.175. The van der Waals surface area contributed by atoms with E-state index in [0.29, 0.717) is 32.5 Å². The number of hydrogen-bond donors (Lipinski definition) is 0. The second-order valence-corrected chi connectivity index (χ2v) is 6.78. The number of aromatic nitrogens is 2. The van der Waals surface area contributed by atoms with Gasteiger partial charge in [-0.25, -0.2) is 0 Å². The summed E-state index contributed by atoms with van der Waals surface area (Å²) in [5, 5.41) is 0. The molecule has 6 heteroatoms. The summed E-state index contributed by atoms with van der Waals surface area (Å²) < 4.78 is 6.93. The number of nitrogens with zero attached hydrogens (tertiary/aromatic N) is 3. The van der Waals surface area contributed by atoms with E-state index in [1.54, 1.807) is 6.20 Å². The third-order valence-corrected chi connectivity index (χ3v) is 5.17. The fourth-order valence-corrected chi connectivity index (χ4v) is 3.57. The Morgan fingerprint density at radius 3 is 2.58 bits per heavy atom. The van der Waals surface area contributed by atoms with Crippen LogP contribution in [0.15, 0.2) is 30.5 Å². The summed E-state index contributed by atoms with van der Waals surface area (Å²) in [6.07, 6.45) is 3.09. The van der Waals surface area contributed by atoms with E-state index < -0.39 is 0 Å². The fraction of sp³-hybridized carbons (Fsp3) is 0.450. The number of esters is 1. The third kappa shape index (κ3) is 3.64. The molecule has 0 radical (unpaired) electrons. The molecule has 1 saturated heterocycles. The van der Waals surface area contributed by atoms with Crippen LogP contribution in [0.25, 0.3) is 0 Å². The Hall–Kier alpha value is -2.63. The molecule has 0 bridgehead atoms. The summed E-state index contributed by atoms with van der Waals surface area (Å²) in [4.78, 5) is 30.8. The van der Waals surface area contributed by atoms with Crippen molar-refractivity contribution in [2.45, 2.75) is 33.2 Å². The lowest BCUT2D eigenvalue weighted by Gasteiger charge is -2.30. The van der Waals surface area contributed by atoms with Gasteiger partial charge in [0, 0.05) is 30.7 Å². The molecule has 1 aliphatic rings. The zero-order valence-electron chi connectivity index (χ0n) is 15.6. The summed E-state index contributed by atoms with van der Waals surface area (Å²) in [6.45, 7) is 5.81. The Balaban J connectivity index is 1.73. The van der Waals surface area contributed by atoms with Crippen molar-refractivity contribution in [3.05, 3.63) is 53.1 Å². The summed E-state index contributed by atoms with van der Waals surface area (Å²) in [5.41, 5.74) is 3.69. The zero-order valence-corrected chi connectivity index (χ0v) is 15.6. The van der Waals surface area contributed by atoms with Crippen molar-refractivity contribution in [3.8, 4) is 0 Å². The molecule has 6 nitrogen and oxygen atoms in total. The van der Waals surface area contributed by atoms with Crippen molar-refractivity contribution in [2.75, 3.05) is 20.2 Å². The first-order valence-corrected chi connectivity index (χ1v) is 8.95. The molecule has 0 N–H and O–H groups in total. The maximum atomic E-state index is 13.0. The number of amides is 1. The number of carbonyl (C=O) groups is 2. The number of piperidine rings is 1. The van der Waals surface area contributed by atoms with Gasteiger partial charge in [0.2, 0.25) is 0 Å². The topological polar surface area (TPSA) is 64.4 Å². The van der Waals surface area contributed by atoms with Crippen molar-refractivity contribution < 1.29 is 14.3 Å². The number of pyridine rings is 1. The Kier molecular flexibility index (Phi) is 5.40. The smallest absolute Gasteiger partial charge is 0.308 e. The highest BCUT2D eigenvalue weighted by Crippen LogP contribution is 2.23. The number of hydrogen-bond acceptors (Lipinski definition) is 4. The van der Waals surface area contributed by atoms with E-state index in [9.17, 15) is 9.59 Å². The van der Waals surface area contributed by atoms with E-state index in [1.807, 2.05) is 43.0 Å². The summed E-state index contributed by atoms with van der Waals surface area (Å²) >= 11 is 0. The van der Waals surface area contributed by atoms with Crippen LogP contribution in [0, 0.1) is 19.8 Å². The second kappa shape index (κ2) is 7.72. The molecule has 0 aliphatic carbocycles. The van der Waals surface area contributed by atoms with E-state index in [0.717, 1.165) is 22.6 Å². The first-order chi connectivity index (χ1) is 12.5. The van der Waals surface area contributed by atoms with Crippen LogP contribution >= 0.6 is 0 Å². The molecule has 1 aliphatic heterocycles. The van der Waals surface area contributed by atoms with E-state index in [1.165, 1.54) is 7.11 Å². The molecule has 3 heterocycles. The average molecular weight is 355 g/mol. The van der Waals surface area contributed by atoms with Crippen molar-refractivity contribution >= 4 is 11.9 Å². The predicted molar refractivity (Wildman–Crippen MR) is 97.9 cm³/mol. The molecule has 0 atom stereocenters. The quantitative estimate of drug-likeness (QED) is 0.791. The Labute approximate surface area is 153 Å². The lowest BCUT2D eigenvalue weighted by molar-refractivity contribution is -0.146. The number of aryl methyl sites for hydroxylation is 1. The van der Waals surface area contributed by atoms with Gasteiger partial charge < -0.3 is 14.2 Å². The number of rotatable bonds is 4. The van der Waals surface area contributed by atoms with Gasteiger partial charge in [-0.2, -0.15) is 0 Å². The van der Waals surface area contributed by atoms with Gasteiger partial charge in [0.1, 0.15) is 0 Å². The van der Waals surface area contributed by atoms with Gasteiger partial charge in [0.05, 0.1) is 30.8 Å². The molecular formula is C20H25N3O3. The molecule has 1 fully saturated rings. The minimum Gasteiger partial charge on any atom is -0.469 e. The van der Waals surface area contributed by atoms with Crippen molar-refractivity contribution in [3.63, 3.8) is 0 Å².